The second-order valence-electron chi connectivity index (χ2n) is 6.09. The summed E-state index contributed by atoms with van der Waals surface area (Å²) in [5.41, 5.74) is 0. The smallest absolute Gasteiger partial charge is 0.337 e. The van der Waals surface area contributed by atoms with Gasteiger partial charge in [0.2, 0.25) is 0 Å². The van der Waals surface area contributed by atoms with Crippen LogP contribution in [-0.4, -0.2) is 31.8 Å². The minimum Gasteiger partial charge on any atom is -0.464 e. The molecule has 0 unspecified atom stereocenters. The van der Waals surface area contributed by atoms with Crippen LogP contribution in [0.3, 0.4) is 0 Å². The molecule has 0 fully saturated rings. The Morgan fingerprint density at radius 3 is 2.19 bits per heavy atom. The summed E-state index contributed by atoms with van der Waals surface area (Å²) in [6, 6.07) is 6.64. The van der Waals surface area contributed by atoms with Gasteiger partial charge in [0.05, 0.1) is 11.6 Å². The maximum atomic E-state index is 11.6. The SMILES string of the molecule is CCCCCCCCCCOC(=O)COCC(=O)Oc1ccccc1Cl. The van der Waals surface area contributed by atoms with Crippen molar-refractivity contribution in [2.75, 3.05) is 19.8 Å². The standard InChI is InChI=1S/C20H29ClO5/c1-2-3-4-5-6-7-8-11-14-25-19(22)15-24-16-20(23)26-18-13-10-9-12-17(18)21/h9-10,12-13H,2-8,11,14-16H2,1H3. The Morgan fingerprint density at radius 2 is 1.50 bits per heavy atom. The Bertz CT molecular complexity index is 533. The predicted octanol–water partition coefficient (Wildman–Crippen LogP) is 4.95. The zero-order chi connectivity index (χ0) is 19.0. The zero-order valence-electron chi connectivity index (χ0n) is 15.5. The van der Waals surface area contributed by atoms with Crippen molar-refractivity contribution >= 4 is 23.5 Å². The second kappa shape index (κ2) is 14.6. The van der Waals surface area contributed by atoms with E-state index in [1.165, 1.54) is 38.5 Å². The minimum atomic E-state index is -0.617. The quantitative estimate of drug-likeness (QED) is 0.258. The fourth-order valence-electron chi connectivity index (χ4n) is 2.36. The highest BCUT2D eigenvalue weighted by Crippen LogP contribution is 2.23. The van der Waals surface area contributed by atoms with Crippen molar-refractivity contribution in [3.05, 3.63) is 29.3 Å². The van der Waals surface area contributed by atoms with Gasteiger partial charge in [0.15, 0.2) is 0 Å². The molecule has 0 amide bonds. The third kappa shape index (κ3) is 11.1. The molecule has 1 aromatic rings. The summed E-state index contributed by atoms with van der Waals surface area (Å²) in [6.07, 6.45) is 9.49. The van der Waals surface area contributed by atoms with E-state index in [2.05, 4.69) is 6.92 Å². The Hall–Kier alpha value is -1.59. The number of unbranched alkanes of at least 4 members (excludes halogenated alkanes) is 7. The number of halogens is 1. The highest BCUT2D eigenvalue weighted by atomic mass is 35.5. The van der Waals surface area contributed by atoms with E-state index in [9.17, 15) is 9.59 Å². The van der Waals surface area contributed by atoms with Gasteiger partial charge in [0, 0.05) is 0 Å². The molecule has 0 saturated heterocycles. The summed E-state index contributed by atoms with van der Waals surface area (Å²) >= 11 is 5.89. The fourth-order valence-corrected chi connectivity index (χ4v) is 2.54. The maximum absolute atomic E-state index is 11.6. The molecule has 1 rings (SSSR count). The first-order valence-corrected chi connectivity index (χ1v) is 9.70. The van der Waals surface area contributed by atoms with Crippen LogP contribution in [0.4, 0.5) is 0 Å². The molecule has 0 aliphatic rings. The fraction of sp³-hybridized carbons (Fsp3) is 0.600. The predicted molar refractivity (Wildman–Crippen MR) is 101 cm³/mol. The van der Waals surface area contributed by atoms with Crippen molar-refractivity contribution in [1.82, 2.24) is 0 Å². The Morgan fingerprint density at radius 1 is 0.885 bits per heavy atom. The average Bonchev–Trinajstić information content (AvgIpc) is 2.62. The van der Waals surface area contributed by atoms with Crippen LogP contribution in [0.15, 0.2) is 24.3 Å². The van der Waals surface area contributed by atoms with E-state index in [-0.39, 0.29) is 19.0 Å². The number of esters is 2. The van der Waals surface area contributed by atoms with Gasteiger partial charge in [-0.25, -0.2) is 9.59 Å². The van der Waals surface area contributed by atoms with Gasteiger partial charge < -0.3 is 14.2 Å². The molecule has 0 atom stereocenters. The molecule has 0 aliphatic carbocycles. The number of ether oxygens (including phenoxy) is 3. The van der Waals surface area contributed by atoms with Crippen LogP contribution < -0.4 is 4.74 Å². The van der Waals surface area contributed by atoms with E-state index < -0.39 is 11.9 Å². The van der Waals surface area contributed by atoms with Gasteiger partial charge >= 0.3 is 11.9 Å². The monoisotopic (exact) mass is 384 g/mol. The van der Waals surface area contributed by atoms with Crippen LogP contribution in [0.25, 0.3) is 0 Å². The second-order valence-corrected chi connectivity index (χ2v) is 6.50. The van der Waals surface area contributed by atoms with Gasteiger partial charge in [-0.05, 0) is 18.6 Å². The van der Waals surface area contributed by atoms with Crippen LogP contribution in [0.1, 0.15) is 58.3 Å². The summed E-state index contributed by atoms with van der Waals surface area (Å²) in [5.74, 6) is -0.826. The molecule has 0 saturated carbocycles. The van der Waals surface area contributed by atoms with E-state index in [1.807, 2.05) is 0 Å². The summed E-state index contributed by atoms with van der Waals surface area (Å²) < 4.78 is 15.1. The number of carbonyl (C=O) groups excluding carboxylic acids is 2. The first kappa shape index (κ1) is 22.5. The van der Waals surface area contributed by atoms with Gasteiger partial charge in [-0.1, -0.05) is 75.6 Å². The Balaban J connectivity index is 1.98. The largest absolute Gasteiger partial charge is 0.464 e. The van der Waals surface area contributed by atoms with Gasteiger partial charge in [-0.2, -0.15) is 0 Å². The number of hydrogen-bond acceptors (Lipinski definition) is 5. The lowest BCUT2D eigenvalue weighted by molar-refractivity contribution is -0.152. The number of carbonyl (C=O) groups is 2. The van der Waals surface area contributed by atoms with E-state index in [1.54, 1.807) is 24.3 Å². The summed E-state index contributed by atoms with van der Waals surface area (Å²) in [4.78, 5) is 23.1. The molecular formula is C20H29ClO5. The number of hydrogen-bond donors (Lipinski definition) is 0. The van der Waals surface area contributed by atoms with E-state index >= 15 is 0 Å². The summed E-state index contributed by atoms with van der Waals surface area (Å²) in [7, 11) is 0. The molecule has 0 bridgehead atoms. The molecule has 0 spiro atoms. The molecule has 5 nitrogen and oxygen atoms in total. The molecule has 0 radical (unpaired) electrons. The lowest BCUT2D eigenvalue weighted by Gasteiger charge is -2.07. The van der Waals surface area contributed by atoms with Crippen LogP contribution in [-0.2, 0) is 19.1 Å². The van der Waals surface area contributed by atoms with Crippen molar-refractivity contribution in [3.63, 3.8) is 0 Å². The highest BCUT2D eigenvalue weighted by molar-refractivity contribution is 6.32. The van der Waals surface area contributed by atoms with E-state index in [0.29, 0.717) is 11.6 Å². The zero-order valence-corrected chi connectivity index (χ0v) is 16.3. The summed E-state index contributed by atoms with van der Waals surface area (Å²) in [5, 5.41) is 0.339. The highest BCUT2D eigenvalue weighted by Gasteiger charge is 2.10. The third-order valence-corrected chi connectivity index (χ3v) is 4.07. The van der Waals surface area contributed by atoms with Gasteiger partial charge in [-0.3, -0.25) is 0 Å². The van der Waals surface area contributed by atoms with Crippen LogP contribution >= 0.6 is 11.6 Å². The first-order valence-electron chi connectivity index (χ1n) is 9.32. The van der Waals surface area contributed by atoms with E-state index in [4.69, 9.17) is 25.8 Å². The van der Waals surface area contributed by atoms with Crippen molar-refractivity contribution in [2.24, 2.45) is 0 Å². The molecular weight excluding hydrogens is 356 g/mol. The number of benzene rings is 1. The molecule has 1 aromatic carbocycles. The summed E-state index contributed by atoms with van der Waals surface area (Å²) in [6.45, 7) is 1.99. The lowest BCUT2D eigenvalue weighted by atomic mass is 10.1. The van der Waals surface area contributed by atoms with Crippen LogP contribution in [0.2, 0.25) is 5.02 Å². The van der Waals surface area contributed by atoms with Gasteiger partial charge in [0.1, 0.15) is 19.0 Å². The number of para-hydroxylation sites is 1. The van der Waals surface area contributed by atoms with Crippen LogP contribution in [0.5, 0.6) is 5.75 Å². The van der Waals surface area contributed by atoms with Crippen molar-refractivity contribution in [3.8, 4) is 5.75 Å². The Labute approximate surface area is 161 Å². The minimum absolute atomic E-state index is 0.264. The molecule has 0 heterocycles. The first-order chi connectivity index (χ1) is 12.6. The molecule has 146 valence electrons. The lowest BCUT2D eigenvalue weighted by Crippen LogP contribution is -2.20. The Kier molecular flexibility index (Phi) is 12.6. The molecule has 0 aromatic heterocycles. The molecule has 0 N–H and O–H groups in total. The average molecular weight is 385 g/mol. The van der Waals surface area contributed by atoms with Gasteiger partial charge in [-0.15, -0.1) is 0 Å². The van der Waals surface area contributed by atoms with Crippen molar-refractivity contribution < 1.29 is 23.8 Å². The van der Waals surface area contributed by atoms with Crippen molar-refractivity contribution in [1.29, 1.82) is 0 Å². The molecule has 26 heavy (non-hydrogen) atoms. The third-order valence-electron chi connectivity index (χ3n) is 3.76. The van der Waals surface area contributed by atoms with E-state index in [0.717, 1.165) is 12.8 Å². The van der Waals surface area contributed by atoms with Gasteiger partial charge in [0.25, 0.3) is 0 Å². The molecule has 6 heteroatoms. The topological polar surface area (TPSA) is 61.8 Å². The van der Waals surface area contributed by atoms with Crippen LogP contribution in [0, 0.1) is 0 Å². The maximum Gasteiger partial charge on any atom is 0.337 e. The normalized spacial score (nSPS) is 10.5. The van der Waals surface area contributed by atoms with Crippen molar-refractivity contribution in [2.45, 2.75) is 58.3 Å². The number of rotatable bonds is 14. The molecule has 0 aliphatic heterocycles.